The van der Waals surface area contributed by atoms with Crippen LogP contribution in [0.2, 0.25) is 0 Å². The first-order valence-electron chi connectivity index (χ1n) is 11.5. The second-order valence-corrected chi connectivity index (χ2v) is 8.81. The summed E-state index contributed by atoms with van der Waals surface area (Å²) in [6, 6.07) is 14.0. The fraction of sp³-hybridized carbons (Fsp3) is 0.462. The van der Waals surface area contributed by atoms with E-state index in [0.717, 1.165) is 17.5 Å². The molecular formula is C26H32N2O5. The number of ether oxygens (including phenoxy) is 3. The third-order valence-electron chi connectivity index (χ3n) is 6.63. The monoisotopic (exact) mass is 452 g/mol. The van der Waals surface area contributed by atoms with Gasteiger partial charge >= 0.3 is 0 Å². The quantitative estimate of drug-likeness (QED) is 0.611. The fourth-order valence-corrected chi connectivity index (χ4v) is 4.86. The van der Waals surface area contributed by atoms with E-state index >= 15 is 0 Å². The molecule has 0 saturated carbocycles. The van der Waals surface area contributed by atoms with Crippen LogP contribution in [-0.4, -0.2) is 44.7 Å². The van der Waals surface area contributed by atoms with Crippen molar-refractivity contribution in [3.05, 3.63) is 59.2 Å². The zero-order valence-corrected chi connectivity index (χ0v) is 19.3. The van der Waals surface area contributed by atoms with Gasteiger partial charge in [0.25, 0.3) is 0 Å². The van der Waals surface area contributed by atoms with E-state index in [-0.39, 0.29) is 17.9 Å². The summed E-state index contributed by atoms with van der Waals surface area (Å²) >= 11 is 0. The molecule has 0 aliphatic carbocycles. The van der Waals surface area contributed by atoms with Gasteiger partial charge in [-0.2, -0.15) is 0 Å². The van der Waals surface area contributed by atoms with E-state index in [4.69, 9.17) is 14.2 Å². The van der Waals surface area contributed by atoms with Crippen LogP contribution in [-0.2, 0) is 27.2 Å². The van der Waals surface area contributed by atoms with Gasteiger partial charge in [-0.3, -0.25) is 9.59 Å². The van der Waals surface area contributed by atoms with E-state index in [1.165, 1.54) is 5.56 Å². The lowest BCUT2D eigenvalue weighted by molar-refractivity contribution is -0.123. The van der Waals surface area contributed by atoms with Crippen LogP contribution in [0.5, 0.6) is 11.5 Å². The molecule has 2 N–H and O–H groups in total. The smallest absolute Gasteiger partial charge is 0.220 e. The lowest BCUT2D eigenvalue weighted by Gasteiger charge is -2.30. The van der Waals surface area contributed by atoms with Crippen LogP contribution in [0.4, 0.5) is 0 Å². The number of hydrogen-bond donors (Lipinski definition) is 2. The molecule has 0 bridgehead atoms. The molecule has 0 unspecified atom stereocenters. The van der Waals surface area contributed by atoms with Crippen molar-refractivity contribution in [3.63, 3.8) is 0 Å². The van der Waals surface area contributed by atoms with E-state index in [1.807, 2.05) is 30.3 Å². The summed E-state index contributed by atoms with van der Waals surface area (Å²) in [5, 5.41) is 6.17. The molecule has 4 rings (SSSR count). The molecule has 1 saturated heterocycles. The van der Waals surface area contributed by atoms with Crippen molar-refractivity contribution >= 4 is 11.8 Å². The highest BCUT2D eigenvalue weighted by molar-refractivity contribution is 5.80. The van der Waals surface area contributed by atoms with E-state index in [1.54, 1.807) is 14.2 Å². The van der Waals surface area contributed by atoms with Crippen LogP contribution in [0.3, 0.4) is 0 Å². The summed E-state index contributed by atoms with van der Waals surface area (Å²) in [5.74, 6) is 1.31. The first kappa shape index (κ1) is 23.1. The second-order valence-electron chi connectivity index (χ2n) is 8.81. The third-order valence-corrected chi connectivity index (χ3v) is 6.63. The van der Waals surface area contributed by atoms with Crippen LogP contribution >= 0.6 is 0 Å². The highest BCUT2D eigenvalue weighted by Gasteiger charge is 2.38. The minimum atomic E-state index is -0.442. The predicted octanol–water partition coefficient (Wildman–Crippen LogP) is 3.11. The first-order chi connectivity index (χ1) is 16.0. The number of carbonyl (C=O) groups is 2. The molecule has 2 aliphatic heterocycles. The molecule has 0 spiro atoms. The normalized spacial score (nSPS) is 21.8. The largest absolute Gasteiger partial charge is 0.493 e. The summed E-state index contributed by atoms with van der Waals surface area (Å²) in [7, 11) is 3.21. The second kappa shape index (κ2) is 10.3. The van der Waals surface area contributed by atoms with Crippen molar-refractivity contribution in [1.29, 1.82) is 0 Å². The Balaban J connectivity index is 1.36. The Labute approximate surface area is 194 Å². The molecule has 0 radical (unpaired) electrons. The maximum absolute atomic E-state index is 12.7. The summed E-state index contributed by atoms with van der Waals surface area (Å²) in [5.41, 5.74) is 3.02. The molecule has 33 heavy (non-hydrogen) atoms. The number of fused-ring (bicyclic) bond motifs is 1. The molecule has 2 heterocycles. The van der Waals surface area contributed by atoms with E-state index in [2.05, 4.69) is 22.8 Å². The average molecular weight is 453 g/mol. The zero-order chi connectivity index (χ0) is 23.3. The Kier molecular flexibility index (Phi) is 7.18. The number of amides is 2. The van der Waals surface area contributed by atoms with E-state index < -0.39 is 5.54 Å². The maximum Gasteiger partial charge on any atom is 0.220 e. The van der Waals surface area contributed by atoms with Gasteiger partial charge in [-0.05, 0) is 54.5 Å². The molecule has 176 valence electrons. The molecule has 0 aromatic heterocycles. The van der Waals surface area contributed by atoms with Crippen LogP contribution in [0.1, 0.15) is 48.5 Å². The summed E-state index contributed by atoms with van der Waals surface area (Å²) in [4.78, 5) is 24.8. The third kappa shape index (κ3) is 5.47. The molecule has 2 aliphatic rings. The van der Waals surface area contributed by atoms with Crippen molar-refractivity contribution in [3.8, 4) is 11.5 Å². The molecule has 2 aromatic rings. The highest BCUT2D eigenvalue weighted by Crippen LogP contribution is 2.33. The van der Waals surface area contributed by atoms with Crippen molar-refractivity contribution in [2.24, 2.45) is 0 Å². The van der Waals surface area contributed by atoms with Crippen molar-refractivity contribution in [1.82, 2.24) is 10.6 Å². The van der Waals surface area contributed by atoms with Gasteiger partial charge in [-0.15, -0.1) is 0 Å². The summed E-state index contributed by atoms with van der Waals surface area (Å²) < 4.78 is 16.6. The van der Waals surface area contributed by atoms with Gasteiger partial charge in [0.15, 0.2) is 11.5 Å². The Morgan fingerprint density at radius 3 is 2.73 bits per heavy atom. The summed E-state index contributed by atoms with van der Waals surface area (Å²) in [6.45, 7) is 1.11. The molecule has 2 aromatic carbocycles. The van der Waals surface area contributed by atoms with Crippen molar-refractivity contribution in [2.45, 2.75) is 50.2 Å². The Hall–Kier alpha value is -3.06. The van der Waals surface area contributed by atoms with Gasteiger partial charge < -0.3 is 24.8 Å². The number of benzene rings is 2. The SMILES string of the molecule is COc1ccc(C[C@@]2(CCC(=O)NC[C@H]3OCCc4ccccc43)CCC(=O)N2)cc1OC. The first-order valence-corrected chi connectivity index (χ1v) is 11.5. The maximum atomic E-state index is 12.7. The Morgan fingerprint density at radius 1 is 1.15 bits per heavy atom. The van der Waals surface area contributed by atoms with Crippen molar-refractivity contribution < 1.29 is 23.8 Å². The minimum Gasteiger partial charge on any atom is -0.493 e. The lowest BCUT2D eigenvalue weighted by atomic mass is 9.85. The Bertz CT molecular complexity index is 1010. The molecule has 7 nitrogen and oxygen atoms in total. The lowest BCUT2D eigenvalue weighted by Crippen LogP contribution is -2.44. The van der Waals surface area contributed by atoms with E-state index in [0.29, 0.717) is 56.8 Å². The van der Waals surface area contributed by atoms with Crippen LogP contribution in [0.25, 0.3) is 0 Å². The Morgan fingerprint density at radius 2 is 1.97 bits per heavy atom. The molecule has 2 atom stereocenters. The van der Waals surface area contributed by atoms with Gasteiger partial charge in [0.1, 0.15) is 6.10 Å². The zero-order valence-electron chi connectivity index (χ0n) is 19.3. The van der Waals surface area contributed by atoms with Crippen molar-refractivity contribution in [2.75, 3.05) is 27.4 Å². The number of rotatable bonds is 9. The van der Waals surface area contributed by atoms with Gasteiger partial charge in [0.05, 0.1) is 20.8 Å². The number of nitrogens with one attached hydrogen (secondary N) is 2. The number of hydrogen-bond acceptors (Lipinski definition) is 5. The summed E-state index contributed by atoms with van der Waals surface area (Å²) in [6.07, 6.45) is 3.49. The van der Waals surface area contributed by atoms with E-state index in [9.17, 15) is 9.59 Å². The van der Waals surface area contributed by atoms with Crippen LogP contribution < -0.4 is 20.1 Å². The predicted molar refractivity (Wildman–Crippen MR) is 124 cm³/mol. The topological polar surface area (TPSA) is 85.9 Å². The van der Waals surface area contributed by atoms with Crippen LogP contribution in [0, 0.1) is 0 Å². The standard InChI is InChI=1S/C26H32N2O5/c1-31-21-8-7-18(15-22(21)32-2)16-26(13-10-25(30)28-26)12-9-24(29)27-17-23-20-6-4-3-5-19(20)11-14-33-23/h3-8,15,23H,9-14,16-17H2,1-2H3,(H,27,29)(H,28,30)/t23-,26-/m1/s1. The number of carbonyl (C=O) groups excluding carboxylic acids is 2. The highest BCUT2D eigenvalue weighted by atomic mass is 16.5. The van der Waals surface area contributed by atoms with Crippen LogP contribution in [0.15, 0.2) is 42.5 Å². The van der Waals surface area contributed by atoms with Gasteiger partial charge in [0.2, 0.25) is 11.8 Å². The fourth-order valence-electron chi connectivity index (χ4n) is 4.86. The van der Waals surface area contributed by atoms with Gasteiger partial charge in [-0.1, -0.05) is 30.3 Å². The molecular weight excluding hydrogens is 420 g/mol. The minimum absolute atomic E-state index is 0.0306. The average Bonchev–Trinajstić information content (AvgIpc) is 3.21. The van der Waals surface area contributed by atoms with Gasteiger partial charge in [-0.25, -0.2) is 0 Å². The molecule has 7 heteroatoms. The molecule has 2 amide bonds. The number of methoxy groups -OCH3 is 2. The van der Waals surface area contributed by atoms with Gasteiger partial charge in [0, 0.05) is 24.9 Å². The molecule has 1 fully saturated rings.